The number of aryl methyl sites for hydroxylation is 1. The van der Waals surface area contributed by atoms with Crippen molar-refractivity contribution in [1.82, 2.24) is 9.80 Å². The molecule has 1 amide bonds. The van der Waals surface area contributed by atoms with Gasteiger partial charge in [-0.3, -0.25) is 9.69 Å². The number of rotatable bonds is 8. The number of ether oxygens (including phenoxy) is 3. The minimum absolute atomic E-state index is 0. The van der Waals surface area contributed by atoms with Gasteiger partial charge in [0.15, 0.2) is 11.5 Å². The van der Waals surface area contributed by atoms with Crippen LogP contribution in [0.1, 0.15) is 53.4 Å². The molecule has 6 nitrogen and oxygen atoms in total. The van der Waals surface area contributed by atoms with Crippen molar-refractivity contribution >= 4 is 29.1 Å². The van der Waals surface area contributed by atoms with Gasteiger partial charge in [0.25, 0.3) is 5.91 Å². The normalized spacial score (nSPS) is 14.8. The van der Waals surface area contributed by atoms with Gasteiger partial charge in [-0.2, -0.15) is 0 Å². The Labute approximate surface area is 220 Å². The van der Waals surface area contributed by atoms with Crippen LogP contribution in [-0.2, 0) is 6.42 Å². The molecule has 2 atom stereocenters. The van der Waals surface area contributed by atoms with E-state index >= 15 is 0 Å². The van der Waals surface area contributed by atoms with Crippen molar-refractivity contribution in [2.45, 2.75) is 45.8 Å². The van der Waals surface area contributed by atoms with Crippen LogP contribution in [0.15, 0.2) is 42.5 Å². The van der Waals surface area contributed by atoms with E-state index in [4.69, 9.17) is 14.2 Å². The lowest BCUT2D eigenvalue weighted by Gasteiger charge is -2.42. The minimum Gasteiger partial charge on any atom is -0.496 e. The molecule has 1 aliphatic rings. The molecular formula is C29H37ClN2O4. The summed E-state index contributed by atoms with van der Waals surface area (Å²) in [6, 6.07) is 14.6. The Morgan fingerprint density at radius 3 is 2.28 bits per heavy atom. The Kier molecular flexibility index (Phi) is 8.75. The Morgan fingerprint density at radius 2 is 1.64 bits per heavy atom. The van der Waals surface area contributed by atoms with Gasteiger partial charge in [-0.05, 0) is 85.5 Å². The van der Waals surface area contributed by atoms with Crippen molar-refractivity contribution in [2.75, 3.05) is 34.9 Å². The number of hydrogen-bond donors (Lipinski definition) is 0. The highest BCUT2D eigenvalue weighted by Gasteiger charge is 2.34. The summed E-state index contributed by atoms with van der Waals surface area (Å²) in [7, 11) is 7.03. The smallest absolute Gasteiger partial charge is 0.255 e. The van der Waals surface area contributed by atoms with Gasteiger partial charge in [-0.25, -0.2) is 0 Å². The van der Waals surface area contributed by atoms with Crippen molar-refractivity contribution < 1.29 is 19.0 Å². The average molecular weight is 513 g/mol. The molecular weight excluding hydrogens is 476 g/mol. The van der Waals surface area contributed by atoms with E-state index in [-0.39, 0.29) is 30.5 Å². The van der Waals surface area contributed by atoms with Crippen LogP contribution < -0.4 is 14.2 Å². The van der Waals surface area contributed by atoms with E-state index in [1.165, 1.54) is 16.3 Å². The first kappa shape index (κ1) is 27.6. The van der Waals surface area contributed by atoms with Crippen LogP contribution in [0.4, 0.5) is 0 Å². The first-order valence-electron chi connectivity index (χ1n) is 12.2. The van der Waals surface area contributed by atoms with E-state index in [0.717, 1.165) is 29.7 Å². The predicted molar refractivity (Wildman–Crippen MR) is 147 cm³/mol. The highest BCUT2D eigenvalue weighted by molar-refractivity contribution is 5.97. The van der Waals surface area contributed by atoms with Crippen molar-refractivity contribution in [3.8, 4) is 17.2 Å². The number of carbonyl (C=O) groups excluding carboxylic acids is 1. The molecule has 0 aromatic heterocycles. The fraction of sp³-hybridized carbons (Fsp3) is 0.414. The summed E-state index contributed by atoms with van der Waals surface area (Å²) in [4.78, 5) is 17.9. The van der Waals surface area contributed by atoms with Gasteiger partial charge in [0.2, 0.25) is 0 Å². The van der Waals surface area contributed by atoms with Crippen LogP contribution in [0.3, 0.4) is 0 Å². The standard InChI is InChI=1S/C29H36N2O4.ClH/c1-8-28(31-14-13-22-16-26(34-6)27(35-7)17-24(22)29(31)32)30(4)19(3)20-9-11-23-18(2)25(33-5)12-10-21(23)15-20;/h9-12,15-17,19,28H,8,13-14H2,1-7H3;1H. The molecule has 3 aromatic carbocycles. The van der Waals surface area contributed by atoms with Gasteiger partial charge in [0, 0.05) is 18.2 Å². The van der Waals surface area contributed by atoms with Gasteiger partial charge in [-0.15, -0.1) is 12.4 Å². The number of carbonyl (C=O) groups is 1. The van der Waals surface area contributed by atoms with Crippen LogP contribution >= 0.6 is 12.4 Å². The molecule has 4 rings (SSSR count). The molecule has 0 N–H and O–H groups in total. The van der Waals surface area contributed by atoms with Crippen LogP contribution in [0.2, 0.25) is 0 Å². The number of benzene rings is 3. The van der Waals surface area contributed by atoms with Crippen molar-refractivity contribution in [1.29, 1.82) is 0 Å². The van der Waals surface area contributed by atoms with Gasteiger partial charge >= 0.3 is 0 Å². The SMILES string of the molecule is CCC(N1CCc2cc(OC)c(OC)cc2C1=O)N(C)C(C)c1ccc2c(C)c(OC)ccc2c1.Cl. The largest absolute Gasteiger partial charge is 0.496 e. The fourth-order valence-corrected chi connectivity index (χ4v) is 5.29. The topological polar surface area (TPSA) is 51.2 Å². The van der Waals surface area contributed by atoms with Crippen molar-refractivity contribution in [3.63, 3.8) is 0 Å². The molecule has 0 saturated heterocycles. The van der Waals surface area contributed by atoms with E-state index in [0.29, 0.717) is 23.6 Å². The third-order valence-corrected chi connectivity index (χ3v) is 7.49. The number of hydrogen-bond acceptors (Lipinski definition) is 5. The molecule has 0 spiro atoms. The minimum atomic E-state index is -0.0213. The molecule has 3 aromatic rings. The van der Waals surface area contributed by atoms with Crippen molar-refractivity contribution in [3.05, 3.63) is 64.7 Å². The maximum Gasteiger partial charge on any atom is 0.255 e. The predicted octanol–water partition coefficient (Wildman–Crippen LogP) is 6.02. The summed E-state index contributed by atoms with van der Waals surface area (Å²) in [5.74, 6) is 2.19. The lowest BCUT2D eigenvalue weighted by Crippen LogP contribution is -2.52. The molecule has 194 valence electrons. The van der Waals surface area contributed by atoms with Gasteiger partial charge in [0.1, 0.15) is 5.75 Å². The summed E-state index contributed by atoms with van der Waals surface area (Å²) in [6.45, 7) is 7.11. The second kappa shape index (κ2) is 11.4. The maximum atomic E-state index is 13.6. The highest BCUT2D eigenvalue weighted by Crippen LogP contribution is 2.35. The van der Waals surface area contributed by atoms with Crippen molar-refractivity contribution in [2.24, 2.45) is 0 Å². The summed E-state index contributed by atoms with van der Waals surface area (Å²) in [5.41, 5.74) is 4.08. The second-order valence-electron chi connectivity index (χ2n) is 9.22. The van der Waals surface area contributed by atoms with E-state index < -0.39 is 0 Å². The first-order chi connectivity index (χ1) is 16.8. The summed E-state index contributed by atoms with van der Waals surface area (Å²) in [6.07, 6.45) is 1.60. The van der Waals surface area contributed by atoms with Crippen LogP contribution in [0, 0.1) is 6.92 Å². The molecule has 0 saturated carbocycles. The molecule has 0 fully saturated rings. The number of fused-ring (bicyclic) bond motifs is 2. The zero-order valence-corrected chi connectivity index (χ0v) is 23.1. The second-order valence-corrected chi connectivity index (χ2v) is 9.22. The molecule has 36 heavy (non-hydrogen) atoms. The van der Waals surface area contributed by atoms with E-state index in [1.54, 1.807) is 21.3 Å². The Bertz CT molecular complexity index is 1250. The number of halogens is 1. The molecule has 0 aliphatic carbocycles. The van der Waals surface area contributed by atoms with Gasteiger partial charge < -0.3 is 19.1 Å². The van der Waals surface area contributed by atoms with Gasteiger partial charge in [-0.1, -0.05) is 25.1 Å². The summed E-state index contributed by atoms with van der Waals surface area (Å²) >= 11 is 0. The first-order valence-corrected chi connectivity index (χ1v) is 12.2. The fourth-order valence-electron chi connectivity index (χ4n) is 5.29. The third kappa shape index (κ3) is 4.84. The van der Waals surface area contributed by atoms with Gasteiger partial charge in [0.05, 0.1) is 27.5 Å². The average Bonchev–Trinajstić information content (AvgIpc) is 2.89. The lowest BCUT2D eigenvalue weighted by molar-refractivity contribution is 0.0234. The quantitative estimate of drug-likeness (QED) is 0.369. The van der Waals surface area contributed by atoms with E-state index in [9.17, 15) is 4.79 Å². The zero-order chi connectivity index (χ0) is 25.3. The van der Waals surface area contributed by atoms with E-state index in [1.807, 2.05) is 23.1 Å². The molecule has 1 aliphatic heterocycles. The van der Waals surface area contributed by atoms with Crippen LogP contribution in [0.25, 0.3) is 10.8 Å². The summed E-state index contributed by atoms with van der Waals surface area (Å²) in [5, 5.41) is 2.39. The number of nitrogens with zero attached hydrogens (tertiary/aromatic N) is 2. The Hall–Kier alpha value is -2.96. The molecule has 2 unspecified atom stereocenters. The lowest BCUT2D eigenvalue weighted by atomic mass is 9.96. The maximum absolute atomic E-state index is 13.6. The number of methoxy groups -OCH3 is 3. The molecule has 0 bridgehead atoms. The summed E-state index contributed by atoms with van der Waals surface area (Å²) < 4.78 is 16.4. The molecule has 1 heterocycles. The monoisotopic (exact) mass is 512 g/mol. The highest BCUT2D eigenvalue weighted by atomic mass is 35.5. The molecule has 7 heteroatoms. The Balaban J connectivity index is 0.00000361. The third-order valence-electron chi connectivity index (χ3n) is 7.49. The van der Waals surface area contributed by atoms with Crippen LogP contribution in [0.5, 0.6) is 17.2 Å². The van der Waals surface area contributed by atoms with E-state index in [2.05, 4.69) is 57.0 Å². The number of amides is 1. The molecule has 0 radical (unpaired) electrons. The zero-order valence-electron chi connectivity index (χ0n) is 22.3. The van der Waals surface area contributed by atoms with Crippen LogP contribution in [-0.4, -0.2) is 56.8 Å². The Morgan fingerprint density at radius 1 is 0.972 bits per heavy atom.